The van der Waals surface area contributed by atoms with Gasteiger partial charge in [-0.05, 0) is 49.7 Å². The molecule has 2 amide bonds. The van der Waals surface area contributed by atoms with E-state index in [-0.39, 0.29) is 18.5 Å². The second-order valence-electron chi connectivity index (χ2n) is 6.73. The van der Waals surface area contributed by atoms with Gasteiger partial charge in [-0.2, -0.15) is 0 Å². The minimum absolute atomic E-state index is 0.105. The number of methoxy groups -OCH3 is 2. The molecule has 2 aromatic carbocycles. The molecule has 7 heteroatoms. The minimum atomic E-state index is -0.494. The van der Waals surface area contributed by atoms with Crippen molar-refractivity contribution in [2.75, 3.05) is 32.6 Å². The minimum Gasteiger partial charge on any atom is -0.497 e. The maximum atomic E-state index is 12.5. The standard InChI is InChI=1S/C21H25N3O4/c1-27-16-9-10-17(19(12-16)28-2)18-4-3-11-24(18)13-20(25)23-15-7-5-14(6-8-15)21(22)26/h5-10,12,18H,3-4,11,13H2,1-2H3,(H2,22,26)(H,23,25)/t18-/m1/s1. The Labute approximate surface area is 164 Å². The topological polar surface area (TPSA) is 93.9 Å². The van der Waals surface area contributed by atoms with Gasteiger partial charge < -0.3 is 20.5 Å². The zero-order valence-corrected chi connectivity index (χ0v) is 16.1. The van der Waals surface area contributed by atoms with E-state index < -0.39 is 5.91 Å². The number of nitrogens with two attached hydrogens (primary N) is 1. The van der Waals surface area contributed by atoms with Crippen LogP contribution in [-0.4, -0.2) is 44.0 Å². The van der Waals surface area contributed by atoms with Crippen LogP contribution in [0.15, 0.2) is 42.5 Å². The van der Waals surface area contributed by atoms with Gasteiger partial charge in [-0.15, -0.1) is 0 Å². The molecule has 3 N–H and O–H groups in total. The predicted molar refractivity (Wildman–Crippen MR) is 107 cm³/mol. The molecule has 0 bridgehead atoms. The molecule has 1 fully saturated rings. The van der Waals surface area contributed by atoms with Crippen LogP contribution in [0.25, 0.3) is 0 Å². The summed E-state index contributed by atoms with van der Waals surface area (Å²) in [6.07, 6.45) is 1.98. The van der Waals surface area contributed by atoms with Gasteiger partial charge in [0.25, 0.3) is 0 Å². The van der Waals surface area contributed by atoms with Gasteiger partial charge in [-0.25, -0.2) is 0 Å². The van der Waals surface area contributed by atoms with Crippen LogP contribution in [0.3, 0.4) is 0 Å². The van der Waals surface area contributed by atoms with Gasteiger partial charge >= 0.3 is 0 Å². The van der Waals surface area contributed by atoms with Crippen LogP contribution >= 0.6 is 0 Å². The zero-order valence-electron chi connectivity index (χ0n) is 16.1. The monoisotopic (exact) mass is 383 g/mol. The fourth-order valence-electron chi connectivity index (χ4n) is 3.56. The van der Waals surface area contributed by atoms with E-state index in [2.05, 4.69) is 10.2 Å². The van der Waals surface area contributed by atoms with Gasteiger partial charge in [-0.1, -0.05) is 6.07 Å². The smallest absolute Gasteiger partial charge is 0.248 e. The van der Waals surface area contributed by atoms with Crippen LogP contribution in [0.1, 0.15) is 34.8 Å². The molecule has 0 saturated carbocycles. The number of nitrogens with one attached hydrogen (secondary N) is 1. The number of primary amides is 1. The predicted octanol–water partition coefficient (Wildman–Crippen LogP) is 2.58. The molecule has 2 aromatic rings. The average molecular weight is 383 g/mol. The largest absolute Gasteiger partial charge is 0.497 e. The van der Waals surface area contributed by atoms with Gasteiger partial charge in [-0.3, -0.25) is 14.5 Å². The highest BCUT2D eigenvalue weighted by Gasteiger charge is 2.29. The van der Waals surface area contributed by atoms with Gasteiger partial charge in [0.2, 0.25) is 11.8 Å². The van der Waals surface area contributed by atoms with E-state index in [4.69, 9.17) is 15.2 Å². The number of hydrogen-bond acceptors (Lipinski definition) is 5. The molecule has 0 unspecified atom stereocenters. The Morgan fingerprint density at radius 2 is 1.89 bits per heavy atom. The highest BCUT2D eigenvalue weighted by Crippen LogP contribution is 2.38. The van der Waals surface area contributed by atoms with Gasteiger partial charge in [0.1, 0.15) is 11.5 Å². The first-order valence-electron chi connectivity index (χ1n) is 9.17. The Kier molecular flexibility index (Phi) is 6.16. The Morgan fingerprint density at radius 3 is 2.54 bits per heavy atom. The van der Waals surface area contributed by atoms with E-state index in [1.807, 2.05) is 18.2 Å². The van der Waals surface area contributed by atoms with Crippen molar-refractivity contribution < 1.29 is 19.1 Å². The normalized spacial score (nSPS) is 16.6. The molecule has 0 aliphatic carbocycles. The summed E-state index contributed by atoms with van der Waals surface area (Å²) >= 11 is 0. The van der Waals surface area contributed by atoms with Crippen molar-refractivity contribution in [3.63, 3.8) is 0 Å². The van der Waals surface area contributed by atoms with E-state index in [1.165, 1.54) is 0 Å². The highest BCUT2D eigenvalue weighted by atomic mass is 16.5. The van der Waals surface area contributed by atoms with E-state index in [9.17, 15) is 9.59 Å². The Hall–Kier alpha value is -3.06. The molecule has 1 atom stereocenters. The number of likely N-dealkylation sites (tertiary alicyclic amines) is 1. The van der Waals surface area contributed by atoms with Crippen LogP contribution in [-0.2, 0) is 4.79 Å². The molecule has 1 aliphatic heterocycles. The van der Waals surface area contributed by atoms with Crippen LogP contribution in [0, 0.1) is 0 Å². The van der Waals surface area contributed by atoms with Crippen LogP contribution in [0.5, 0.6) is 11.5 Å². The molecule has 28 heavy (non-hydrogen) atoms. The van der Waals surface area contributed by atoms with Crippen molar-refractivity contribution in [1.29, 1.82) is 0 Å². The molecule has 3 rings (SSSR count). The maximum absolute atomic E-state index is 12.5. The summed E-state index contributed by atoms with van der Waals surface area (Å²) in [4.78, 5) is 25.8. The fourth-order valence-corrected chi connectivity index (χ4v) is 3.56. The molecule has 1 aliphatic rings. The number of benzene rings is 2. The Balaban J connectivity index is 1.68. The first-order chi connectivity index (χ1) is 13.5. The summed E-state index contributed by atoms with van der Waals surface area (Å²) in [6.45, 7) is 1.12. The molecule has 1 heterocycles. The number of carbonyl (C=O) groups is 2. The summed E-state index contributed by atoms with van der Waals surface area (Å²) in [5.41, 5.74) is 7.33. The van der Waals surface area contributed by atoms with E-state index in [0.29, 0.717) is 11.3 Å². The fraction of sp³-hybridized carbons (Fsp3) is 0.333. The van der Waals surface area contributed by atoms with Crippen molar-refractivity contribution in [3.8, 4) is 11.5 Å². The number of nitrogens with zero attached hydrogens (tertiary/aromatic N) is 1. The Morgan fingerprint density at radius 1 is 1.14 bits per heavy atom. The first kappa shape index (κ1) is 19.7. The average Bonchev–Trinajstić information content (AvgIpc) is 3.15. The zero-order chi connectivity index (χ0) is 20.1. The third-order valence-corrected chi connectivity index (χ3v) is 4.96. The van der Waals surface area contributed by atoms with Gasteiger partial charge in [0.05, 0.1) is 20.8 Å². The molecule has 7 nitrogen and oxygen atoms in total. The van der Waals surface area contributed by atoms with Crippen LogP contribution in [0.2, 0.25) is 0 Å². The van der Waals surface area contributed by atoms with E-state index >= 15 is 0 Å². The summed E-state index contributed by atoms with van der Waals surface area (Å²) in [7, 11) is 3.26. The Bertz CT molecular complexity index is 851. The molecule has 0 aromatic heterocycles. The highest BCUT2D eigenvalue weighted by molar-refractivity contribution is 5.95. The van der Waals surface area contributed by atoms with E-state index in [0.717, 1.165) is 36.4 Å². The third-order valence-electron chi connectivity index (χ3n) is 4.96. The quantitative estimate of drug-likeness (QED) is 0.766. The van der Waals surface area contributed by atoms with Crippen molar-refractivity contribution >= 4 is 17.5 Å². The maximum Gasteiger partial charge on any atom is 0.248 e. The van der Waals surface area contributed by atoms with Crippen molar-refractivity contribution in [3.05, 3.63) is 53.6 Å². The number of rotatable bonds is 7. The van der Waals surface area contributed by atoms with Crippen molar-refractivity contribution in [1.82, 2.24) is 4.90 Å². The lowest BCUT2D eigenvalue weighted by atomic mass is 10.0. The summed E-state index contributed by atoms with van der Waals surface area (Å²) in [5, 5.41) is 2.87. The SMILES string of the molecule is COc1ccc([C@H]2CCCN2CC(=O)Nc2ccc(C(N)=O)cc2)c(OC)c1. The molecular weight excluding hydrogens is 358 g/mol. The third kappa shape index (κ3) is 4.43. The molecule has 1 saturated heterocycles. The summed E-state index contributed by atoms with van der Waals surface area (Å²) in [5.74, 6) is 0.901. The number of anilines is 1. The summed E-state index contributed by atoms with van der Waals surface area (Å²) < 4.78 is 10.8. The van der Waals surface area contributed by atoms with Gasteiger partial charge in [0.15, 0.2) is 0 Å². The van der Waals surface area contributed by atoms with Crippen LogP contribution < -0.4 is 20.5 Å². The second-order valence-corrected chi connectivity index (χ2v) is 6.73. The number of ether oxygens (including phenoxy) is 2. The number of carbonyl (C=O) groups excluding carboxylic acids is 2. The van der Waals surface area contributed by atoms with Gasteiger partial charge in [0, 0.05) is 28.9 Å². The molecular formula is C21H25N3O4. The molecule has 0 spiro atoms. The van der Waals surface area contributed by atoms with Crippen LogP contribution in [0.4, 0.5) is 5.69 Å². The molecule has 148 valence electrons. The van der Waals surface area contributed by atoms with Crippen molar-refractivity contribution in [2.24, 2.45) is 5.73 Å². The first-order valence-corrected chi connectivity index (χ1v) is 9.17. The lowest BCUT2D eigenvalue weighted by Crippen LogP contribution is -2.33. The number of amides is 2. The second kappa shape index (κ2) is 8.75. The number of hydrogen-bond donors (Lipinski definition) is 2. The van der Waals surface area contributed by atoms with Crippen molar-refractivity contribution in [2.45, 2.75) is 18.9 Å². The lowest BCUT2D eigenvalue weighted by molar-refractivity contribution is -0.117. The van der Waals surface area contributed by atoms with E-state index in [1.54, 1.807) is 38.5 Å². The summed E-state index contributed by atoms with van der Waals surface area (Å²) in [6, 6.07) is 12.4. The lowest BCUT2D eigenvalue weighted by Gasteiger charge is -2.26. The molecule has 0 radical (unpaired) electrons.